The number of aryl methyl sites for hydroxylation is 1. The highest BCUT2D eigenvalue weighted by Gasteiger charge is 2.21. The highest BCUT2D eigenvalue weighted by molar-refractivity contribution is 7.90. The number of aromatic nitrogens is 1. The minimum atomic E-state index is -3.87. The van der Waals surface area contributed by atoms with Crippen LogP contribution in [0.15, 0.2) is 59.6 Å². The molecule has 0 radical (unpaired) electrons. The molecule has 0 aliphatic rings. The predicted molar refractivity (Wildman–Crippen MR) is 97.1 cm³/mol. The van der Waals surface area contributed by atoms with E-state index in [4.69, 9.17) is 10.4 Å². The highest BCUT2D eigenvalue weighted by Crippen LogP contribution is 2.28. The molecule has 0 aliphatic heterocycles. The smallest absolute Gasteiger partial charge is 0.328 e. The van der Waals surface area contributed by atoms with Gasteiger partial charge in [0.15, 0.2) is 0 Å². The Morgan fingerprint density at radius 2 is 1.88 bits per heavy atom. The molecule has 1 aromatic heterocycles. The molecule has 0 aliphatic carbocycles. The molecule has 0 spiro atoms. The normalized spacial score (nSPS) is 11.7. The summed E-state index contributed by atoms with van der Waals surface area (Å²) in [6.07, 6.45) is 3.60. The number of carboxylic acid groups (broad SMARTS) is 1. The number of rotatable bonds is 4. The quantitative estimate of drug-likeness (QED) is 0.715. The van der Waals surface area contributed by atoms with Crippen LogP contribution in [0.4, 0.5) is 0 Å². The first-order valence-electron chi connectivity index (χ1n) is 7.61. The molecule has 0 atom stereocenters. The van der Waals surface area contributed by atoms with Crippen LogP contribution >= 0.6 is 0 Å². The molecule has 7 heteroatoms. The second-order valence-corrected chi connectivity index (χ2v) is 7.53. The monoisotopic (exact) mass is 366 g/mol. The minimum absolute atomic E-state index is 0.123. The Bertz CT molecular complexity index is 1180. The van der Waals surface area contributed by atoms with Crippen LogP contribution < -0.4 is 0 Å². The van der Waals surface area contributed by atoms with Gasteiger partial charge in [-0.2, -0.15) is 5.26 Å². The first kappa shape index (κ1) is 17.5. The molecule has 0 amide bonds. The predicted octanol–water partition coefficient (Wildman–Crippen LogP) is 3.16. The molecule has 3 rings (SSSR count). The molecule has 3 aromatic rings. The molecule has 0 saturated heterocycles. The summed E-state index contributed by atoms with van der Waals surface area (Å²) in [5.41, 5.74) is 2.06. The number of hydrogen-bond donors (Lipinski definition) is 1. The number of aliphatic carboxylic acids is 1. The van der Waals surface area contributed by atoms with Crippen molar-refractivity contribution < 1.29 is 18.3 Å². The van der Waals surface area contributed by atoms with Crippen LogP contribution in [-0.2, 0) is 14.8 Å². The van der Waals surface area contributed by atoms with Gasteiger partial charge in [0.05, 0.1) is 22.0 Å². The fourth-order valence-corrected chi connectivity index (χ4v) is 3.99. The van der Waals surface area contributed by atoms with Crippen molar-refractivity contribution in [2.75, 3.05) is 0 Å². The number of hydrogen-bond acceptors (Lipinski definition) is 4. The van der Waals surface area contributed by atoms with E-state index in [0.29, 0.717) is 22.0 Å². The number of benzene rings is 2. The van der Waals surface area contributed by atoms with Gasteiger partial charge >= 0.3 is 5.97 Å². The van der Waals surface area contributed by atoms with Crippen LogP contribution in [0.25, 0.3) is 17.0 Å². The van der Waals surface area contributed by atoms with Crippen molar-refractivity contribution in [3.8, 4) is 6.07 Å². The number of nitriles is 1. The lowest BCUT2D eigenvalue weighted by Crippen LogP contribution is -2.11. The van der Waals surface area contributed by atoms with Crippen molar-refractivity contribution in [3.63, 3.8) is 0 Å². The van der Waals surface area contributed by atoms with E-state index in [1.54, 1.807) is 12.1 Å². The third kappa shape index (κ3) is 3.10. The van der Waals surface area contributed by atoms with E-state index in [2.05, 4.69) is 0 Å². The van der Waals surface area contributed by atoms with Gasteiger partial charge in [-0.25, -0.2) is 17.2 Å². The molecule has 0 unspecified atom stereocenters. The van der Waals surface area contributed by atoms with Gasteiger partial charge in [-0.3, -0.25) is 0 Å². The first-order valence-corrected chi connectivity index (χ1v) is 9.05. The lowest BCUT2D eigenvalue weighted by molar-refractivity contribution is -0.131. The fourth-order valence-electron chi connectivity index (χ4n) is 2.61. The zero-order valence-corrected chi connectivity index (χ0v) is 14.6. The SMILES string of the molecule is Cc1ccc(S(=O)(=O)n2cc(/C=C/C(=O)O)c3cc(C#N)ccc32)cc1. The summed E-state index contributed by atoms with van der Waals surface area (Å²) in [5.74, 6) is -1.15. The third-order valence-corrected chi connectivity index (χ3v) is 5.60. The molecule has 2 aromatic carbocycles. The molecule has 26 heavy (non-hydrogen) atoms. The van der Waals surface area contributed by atoms with Crippen LogP contribution in [0.5, 0.6) is 0 Å². The maximum Gasteiger partial charge on any atom is 0.328 e. The van der Waals surface area contributed by atoms with Crippen LogP contribution in [0.1, 0.15) is 16.7 Å². The van der Waals surface area contributed by atoms with E-state index in [1.165, 1.54) is 42.6 Å². The third-order valence-electron chi connectivity index (χ3n) is 3.91. The average molecular weight is 366 g/mol. The van der Waals surface area contributed by atoms with Crippen molar-refractivity contribution >= 4 is 33.0 Å². The van der Waals surface area contributed by atoms with Crippen molar-refractivity contribution in [3.05, 3.63) is 71.4 Å². The average Bonchev–Trinajstić information content (AvgIpc) is 2.99. The van der Waals surface area contributed by atoms with Gasteiger partial charge in [-0.15, -0.1) is 0 Å². The van der Waals surface area contributed by atoms with Crippen LogP contribution in [0.3, 0.4) is 0 Å². The van der Waals surface area contributed by atoms with Gasteiger partial charge in [0.1, 0.15) is 0 Å². The Hall–Kier alpha value is -3.37. The number of carbonyl (C=O) groups is 1. The summed E-state index contributed by atoms with van der Waals surface area (Å²) in [7, 11) is -3.87. The summed E-state index contributed by atoms with van der Waals surface area (Å²) < 4.78 is 27.2. The van der Waals surface area contributed by atoms with E-state index >= 15 is 0 Å². The van der Waals surface area contributed by atoms with Crippen LogP contribution in [0, 0.1) is 18.3 Å². The molecule has 0 fully saturated rings. The second kappa shape index (κ2) is 6.50. The Morgan fingerprint density at radius 1 is 1.19 bits per heavy atom. The van der Waals surface area contributed by atoms with E-state index < -0.39 is 16.0 Å². The van der Waals surface area contributed by atoms with Gasteiger partial charge in [0.2, 0.25) is 0 Å². The minimum Gasteiger partial charge on any atom is -0.478 e. The molecule has 6 nitrogen and oxygen atoms in total. The second-order valence-electron chi connectivity index (χ2n) is 5.71. The van der Waals surface area contributed by atoms with E-state index in [1.807, 2.05) is 13.0 Å². The lowest BCUT2D eigenvalue weighted by Gasteiger charge is -2.08. The summed E-state index contributed by atoms with van der Waals surface area (Å²) in [5, 5.41) is 18.4. The largest absolute Gasteiger partial charge is 0.478 e. The van der Waals surface area contributed by atoms with Crippen molar-refractivity contribution in [2.24, 2.45) is 0 Å². The maximum absolute atomic E-state index is 13.0. The molecule has 0 saturated carbocycles. The Morgan fingerprint density at radius 3 is 2.50 bits per heavy atom. The summed E-state index contributed by atoms with van der Waals surface area (Å²) in [4.78, 5) is 10.9. The van der Waals surface area contributed by atoms with Crippen molar-refractivity contribution in [2.45, 2.75) is 11.8 Å². The standard InChI is InChI=1S/C19H14N2O4S/c1-13-2-6-16(7-3-13)26(24,25)21-12-15(5-9-19(22)23)17-10-14(11-20)4-8-18(17)21/h2-10,12H,1H3,(H,22,23)/b9-5+. The first-order chi connectivity index (χ1) is 12.3. The lowest BCUT2D eigenvalue weighted by atomic mass is 10.1. The Labute approximate surface area is 150 Å². The molecule has 1 N–H and O–H groups in total. The molecule has 1 heterocycles. The number of carboxylic acids is 1. The van der Waals surface area contributed by atoms with E-state index in [9.17, 15) is 13.2 Å². The van der Waals surface area contributed by atoms with Gasteiger partial charge in [0, 0.05) is 23.2 Å². The topological polar surface area (TPSA) is 100 Å². The number of nitrogens with zero attached hydrogens (tertiary/aromatic N) is 2. The zero-order chi connectivity index (χ0) is 18.9. The van der Waals surface area contributed by atoms with E-state index in [-0.39, 0.29) is 4.90 Å². The van der Waals surface area contributed by atoms with Gasteiger partial charge < -0.3 is 5.11 Å². The van der Waals surface area contributed by atoms with Crippen molar-refractivity contribution in [1.29, 1.82) is 5.26 Å². The summed E-state index contributed by atoms with van der Waals surface area (Å²) in [6.45, 7) is 1.86. The maximum atomic E-state index is 13.0. The fraction of sp³-hybridized carbons (Fsp3) is 0.0526. The number of fused-ring (bicyclic) bond motifs is 1. The van der Waals surface area contributed by atoms with Gasteiger partial charge in [0.25, 0.3) is 10.0 Å². The molecule has 130 valence electrons. The van der Waals surface area contributed by atoms with Gasteiger partial charge in [-0.1, -0.05) is 17.7 Å². The van der Waals surface area contributed by atoms with E-state index in [0.717, 1.165) is 15.6 Å². The molecular formula is C19H14N2O4S. The van der Waals surface area contributed by atoms with Crippen molar-refractivity contribution in [1.82, 2.24) is 3.97 Å². The highest BCUT2D eigenvalue weighted by atomic mass is 32.2. The summed E-state index contributed by atoms with van der Waals surface area (Å²) in [6, 6.07) is 13.1. The zero-order valence-electron chi connectivity index (χ0n) is 13.7. The Kier molecular flexibility index (Phi) is 4.36. The molecular weight excluding hydrogens is 352 g/mol. The Balaban J connectivity index is 2.28. The molecule has 0 bridgehead atoms. The summed E-state index contributed by atoms with van der Waals surface area (Å²) >= 11 is 0. The van der Waals surface area contributed by atoms with Gasteiger partial charge in [-0.05, 0) is 43.3 Å². The van der Waals surface area contributed by atoms with Crippen LogP contribution in [-0.4, -0.2) is 23.5 Å². The van der Waals surface area contributed by atoms with Crippen LogP contribution in [0.2, 0.25) is 0 Å².